The number of methoxy groups -OCH3 is 1. The van der Waals surface area contributed by atoms with Gasteiger partial charge in [0, 0.05) is 45.3 Å². The zero-order valence-corrected chi connectivity index (χ0v) is 29.9. The summed E-state index contributed by atoms with van der Waals surface area (Å²) >= 11 is 4.91. The van der Waals surface area contributed by atoms with Crippen LogP contribution in [0.4, 0.5) is 5.69 Å². The van der Waals surface area contributed by atoms with Crippen LogP contribution in [0.2, 0.25) is 0 Å². The molecule has 0 bridgehead atoms. The Bertz CT molecular complexity index is 2340. The minimum Gasteiger partial charge on any atom is -0.493 e. The Kier molecular flexibility index (Phi) is 9.57. The van der Waals surface area contributed by atoms with Crippen molar-refractivity contribution in [2.45, 2.75) is 40.3 Å². The van der Waals surface area contributed by atoms with Crippen molar-refractivity contribution in [3.63, 3.8) is 0 Å². The summed E-state index contributed by atoms with van der Waals surface area (Å²) in [6.07, 6.45) is 1.88. The molecule has 0 saturated carbocycles. The summed E-state index contributed by atoms with van der Waals surface area (Å²) in [6.45, 7) is 8.40. The smallest absolute Gasteiger partial charge is 0.338 e. The number of carbonyl (C=O) groups is 1. The minimum atomic E-state index is -0.860. The largest absolute Gasteiger partial charge is 0.493 e. The summed E-state index contributed by atoms with van der Waals surface area (Å²) in [5.41, 5.74) is 4.68. The van der Waals surface area contributed by atoms with Gasteiger partial charge in [-0.25, -0.2) is 9.79 Å². The maximum atomic E-state index is 14.5. The molecule has 0 unspecified atom stereocenters. The first-order valence-electron chi connectivity index (χ1n) is 15.6. The highest BCUT2D eigenvalue weighted by Gasteiger charge is 2.35. The predicted octanol–water partition coefficient (Wildman–Crippen LogP) is 6.19. The fourth-order valence-corrected chi connectivity index (χ4v) is 7.72. The van der Waals surface area contributed by atoms with E-state index in [0.717, 1.165) is 27.7 Å². The third-order valence-electron chi connectivity index (χ3n) is 8.44. The van der Waals surface area contributed by atoms with Crippen LogP contribution in [0.25, 0.3) is 17.0 Å². The number of halogens is 1. The quantitative estimate of drug-likeness (QED) is 0.0949. The van der Waals surface area contributed by atoms with Crippen LogP contribution in [-0.2, 0) is 16.1 Å². The van der Waals surface area contributed by atoms with E-state index in [0.29, 0.717) is 49.7 Å². The van der Waals surface area contributed by atoms with Crippen LogP contribution in [0.15, 0.2) is 86.2 Å². The molecule has 1 aliphatic heterocycles. The lowest BCUT2D eigenvalue weighted by molar-refractivity contribution is -0.384. The molecule has 0 fully saturated rings. The zero-order chi connectivity index (χ0) is 35.0. The second-order valence-corrected chi connectivity index (χ2v) is 13.1. The van der Waals surface area contributed by atoms with E-state index in [2.05, 4.69) is 20.5 Å². The number of para-hydroxylation sites is 1. The monoisotopic (exact) mass is 744 g/mol. The van der Waals surface area contributed by atoms with E-state index in [4.69, 9.17) is 19.2 Å². The van der Waals surface area contributed by atoms with Gasteiger partial charge in [-0.15, -0.1) is 0 Å². The van der Waals surface area contributed by atoms with Crippen LogP contribution in [0.3, 0.4) is 0 Å². The van der Waals surface area contributed by atoms with E-state index in [1.807, 2.05) is 44.2 Å². The number of esters is 1. The number of carbonyl (C=O) groups excluding carboxylic acids is 1. The van der Waals surface area contributed by atoms with Gasteiger partial charge in [-0.05, 0) is 63.1 Å². The van der Waals surface area contributed by atoms with Gasteiger partial charge in [0.1, 0.15) is 0 Å². The summed E-state index contributed by atoms with van der Waals surface area (Å²) in [7, 11) is 1.54. The Morgan fingerprint density at radius 3 is 2.49 bits per heavy atom. The van der Waals surface area contributed by atoms with Gasteiger partial charge >= 0.3 is 5.97 Å². The number of hydrogen-bond donors (Lipinski definition) is 0. The Morgan fingerprint density at radius 2 is 1.82 bits per heavy atom. The van der Waals surface area contributed by atoms with Crippen molar-refractivity contribution in [1.82, 2.24) is 9.13 Å². The van der Waals surface area contributed by atoms with Crippen LogP contribution in [0.5, 0.6) is 11.5 Å². The Labute approximate surface area is 293 Å². The third-order valence-corrected chi connectivity index (χ3v) is 10.1. The SMILES string of the molecule is CCOC(=O)C1=C(C)N=c2s/c(=C/c3c(C)n(Cc4ccc([N+](=O)[O-])cc4)c4ccccc34)c(=O)n2[C@H]1c1cc(OC)c(OCC)cc1Br. The number of nitro groups is 1. The van der Waals surface area contributed by atoms with E-state index in [1.165, 1.54) is 30.6 Å². The average molecular weight is 746 g/mol. The molecule has 0 amide bonds. The van der Waals surface area contributed by atoms with E-state index < -0.39 is 16.9 Å². The van der Waals surface area contributed by atoms with Gasteiger partial charge in [-0.2, -0.15) is 0 Å². The molecule has 3 heterocycles. The first kappa shape index (κ1) is 33.9. The number of fused-ring (bicyclic) bond motifs is 2. The average Bonchev–Trinajstić information content (AvgIpc) is 3.53. The number of aromatic nitrogens is 2. The molecule has 1 aliphatic rings. The van der Waals surface area contributed by atoms with Crippen LogP contribution in [0.1, 0.15) is 49.2 Å². The first-order valence-corrected chi connectivity index (χ1v) is 17.2. The van der Waals surface area contributed by atoms with Crippen LogP contribution in [-0.4, -0.2) is 40.4 Å². The third kappa shape index (κ3) is 6.19. The molecule has 1 atom stereocenters. The summed E-state index contributed by atoms with van der Waals surface area (Å²) in [5.74, 6) is 0.413. The molecule has 0 spiro atoms. The van der Waals surface area contributed by atoms with E-state index in [9.17, 15) is 19.7 Å². The van der Waals surface area contributed by atoms with Gasteiger partial charge in [0.15, 0.2) is 16.3 Å². The van der Waals surface area contributed by atoms with Gasteiger partial charge in [-0.1, -0.05) is 57.6 Å². The van der Waals surface area contributed by atoms with Crippen molar-refractivity contribution < 1.29 is 23.9 Å². The maximum Gasteiger partial charge on any atom is 0.338 e. The predicted molar refractivity (Wildman–Crippen MR) is 191 cm³/mol. The fraction of sp³-hybridized carbons (Fsp3) is 0.250. The van der Waals surface area contributed by atoms with Gasteiger partial charge in [-0.3, -0.25) is 19.5 Å². The molecule has 6 rings (SSSR count). The zero-order valence-electron chi connectivity index (χ0n) is 27.5. The Hall–Kier alpha value is -5.01. The highest BCUT2D eigenvalue weighted by Crippen LogP contribution is 2.41. The molecule has 0 aliphatic carbocycles. The Morgan fingerprint density at radius 1 is 1.08 bits per heavy atom. The van der Waals surface area contributed by atoms with Crippen molar-refractivity contribution in [2.24, 2.45) is 4.99 Å². The molecule has 2 aromatic heterocycles. The lowest BCUT2D eigenvalue weighted by Crippen LogP contribution is -2.40. The van der Waals surface area contributed by atoms with Crippen molar-refractivity contribution >= 4 is 55.9 Å². The minimum absolute atomic E-state index is 0.0317. The van der Waals surface area contributed by atoms with Gasteiger partial charge in [0.25, 0.3) is 11.2 Å². The topological polar surface area (TPSA) is 127 Å². The highest BCUT2D eigenvalue weighted by molar-refractivity contribution is 9.10. The molecule has 0 saturated heterocycles. The summed E-state index contributed by atoms with van der Waals surface area (Å²) in [5, 5.41) is 12.1. The van der Waals surface area contributed by atoms with E-state index in [-0.39, 0.29) is 23.4 Å². The number of benzene rings is 3. The standard InChI is InChI=1S/C36H33BrN4O7S/c1-6-47-30-18-27(37)26(16-29(30)46-5)33-32(35(43)48-7-2)20(3)38-36-40(33)34(42)31(49-36)17-25-21(4)39(28-11-9-8-10-24(25)28)19-22-12-14-23(15-13-22)41(44)45/h8-18,33H,6-7,19H2,1-5H3/b31-17+/t33-/m0/s1. The molecule has 5 aromatic rings. The normalized spacial score (nSPS) is 14.5. The maximum absolute atomic E-state index is 14.5. The molecule has 3 aromatic carbocycles. The Balaban J connectivity index is 1.54. The van der Waals surface area contributed by atoms with Crippen LogP contribution < -0.4 is 24.4 Å². The van der Waals surface area contributed by atoms with Crippen molar-refractivity contribution in [2.75, 3.05) is 20.3 Å². The lowest BCUT2D eigenvalue weighted by Gasteiger charge is -2.26. The molecule has 0 N–H and O–H groups in total. The lowest BCUT2D eigenvalue weighted by atomic mass is 9.95. The fourth-order valence-electron chi connectivity index (χ4n) is 6.15. The number of nitro benzene ring substituents is 1. The van der Waals surface area contributed by atoms with E-state index in [1.54, 1.807) is 42.7 Å². The number of ether oxygens (including phenoxy) is 3. The number of non-ortho nitro benzene ring substituents is 1. The number of allylic oxidation sites excluding steroid dienone is 1. The highest BCUT2D eigenvalue weighted by atomic mass is 79.9. The van der Waals surface area contributed by atoms with Crippen molar-refractivity contribution in [3.05, 3.63) is 129 Å². The summed E-state index contributed by atoms with van der Waals surface area (Å²) < 4.78 is 21.6. The van der Waals surface area contributed by atoms with Gasteiger partial charge < -0.3 is 18.8 Å². The second-order valence-electron chi connectivity index (χ2n) is 11.3. The number of hydrogen-bond acceptors (Lipinski definition) is 9. The van der Waals surface area contributed by atoms with E-state index >= 15 is 0 Å². The molecule has 11 nitrogen and oxygen atoms in total. The van der Waals surface area contributed by atoms with Crippen LogP contribution in [0, 0.1) is 17.0 Å². The summed E-state index contributed by atoms with van der Waals surface area (Å²) in [4.78, 5) is 43.9. The molecule has 13 heteroatoms. The van der Waals surface area contributed by atoms with Gasteiger partial charge in [0.05, 0.1) is 47.1 Å². The van der Waals surface area contributed by atoms with Crippen LogP contribution >= 0.6 is 27.3 Å². The van der Waals surface area contributed by atoms with Crippen molar-refractivity contribution in [1.29, 1.82) is 0 Å². The molecule has 49 heavy (non-hydrogen) atoms. The van der Waals surface area contributed by atoms with Crippen molar-refractivity contribution in [3.8, 4) is 11.5 Å². The molecular formula is C36H33BrN4O7S. The number of thiazole rings is 1. The number of rotatable bonds is 10. The molecular weight excluding hydrogens is 712 g/mol. The summed E-state index contributed by atoms with van der Waals surface area (Å²) in [6, 6.07) is 17.1. The molecule has 252 valence electrons. The molecule has 0 radical (unpaired) electrons. The second kappa shape index (κ2) is 13.8. The number of nitrogens with zero attached hydrogens (tertiary/aromatic N) is 4. The first-order chi connectivity index (χ1) is 23.6. The van der Waals surface area contributed by atoms with Gasteiger partial charge in [0.2, 0.25) is 0 Å².